The fraction of sp³-hybridized carbons (Fsp3) is 0.286. The molecule has 0 unspecified atom stereocenters. The quantitative estimate of drug-likeness (QED) is 0.599. The van der Waals surface area contributed by atoms with Crippen molar-refractivity contribution in [2.45, 2.75) is 6.18 Å². The Morgan fingerprint density at radius 3 is 2.42 bits per heavy atom. The number of Topliss-reactive ketones (excluding diaryl/α,β-unsaturated/α-hetero) is 1. The highest BCUT2D eigenvalue weighted by atomic mass is 19.4. The summed E-state index contributed by atoms with van der Waals surface area (Å²) in [5, 5.41) is 0. The third-order valence-corrected chi connectivity index (χ3v) is 1.35. The predicted molar refractivity (Wildman–Crippen MR) is 35.8 cm³/mol. The summed E-state index contributed by atoms with van der Waals surface area (Å²) >= 11 is 0. The molecule has 0 aromatic carbocycles. The van der Waals surface area contributed by atoms with Crippen LogP contribution in [0.2, 0.25) is 0 Å². The van der Waals surface area contributed by atoms with Crippen molar-refractivity contribution in [3.63, 3.8) is 0 Å². The number of aryl methyl sites for hydroxylation is 1. The fourth-order valence-corrected chi connectivity index (χ4v) is 0.801. The van der Waals surface area contributed by atoms with Crippen LogP contribution in [0.1, 0.15) is 10.4 Å². The van der Waals surface area contributed by atoms with Crippen LogP contribution in [0.4, 0.5) is 13.2 Å². The van der Waals surface area contributed by atoms with Crippen LogP contribution < -0.4 is 0 Å². The first-order chi connectivity index (χ1) is 5.41. The molecule has 0 N–H and O–H groups in total. The summed E-state index contributed by atoms with van der Waals surface area (Å²) in [6, 6.07) is 1.13. The van der Waals surface area contributed by atoms with Crippen molar-refractivity contribution >= 4 is 5.78 Å². The number of aromatic nitrogens is 1. The van der Waals surface area contributed by atoms with Crippen molar-refractivity contribution in [1.29, 1.82) is 0 Å². The second-order valence-corrected chi connectivity index (χ2v) is 2.39. The lowest BCUT2D eigenvalue weighted by molar-refractivity contribution is -0.0885. The molecule has 5 heteroatoms. The summed E-state index contributed by atoms with van der Waals surface area (Å²) in [5.41, 5.74) is -0.329. The first-order valence-corrected chi connectivity index (χ1v) is 3.15. The summed E-state index contributed by atoms with van der Waals surface area (Å²) in [7, 11) is 1.55. The van der Waals surface area contributed by atoms with E-state index in [1.165, 1.54) is 10.8 Å². The lowest BCUT2D eigenvalue weighted by atomic mass is 10.2. The molecule has 0 spiro atoms. The molecule has 1 heterocycles. The van der Waals surface area contributed by atoms with Gasteiger partial charge in [0.15, 0.2) is 0 Å². The van der Waals surface area contributed by atoms with Crippen LogP contribution in [0, 0.1) is 0 Å². The maximum Gasteiger partial charge on any atom is 0.454 e. The Kier molecular flexibility index (Phi) is 1.95. The molecular weight excluding hydrogens is 171 g/mol. The average Bonchev–Trinajstić information content (AvgIpc) is 2.32. The highest BCUT2D eigenvalue weighted by Gasteiger charge is 2.39. The molecule has 1 aromatic heterocycles. The summed E-state index contributed by atoms with van der Waals surface area (Å²) in [5.74, 6) is -1.80. The van der Waals surface area contributed by atoms with E-state index < -0.39 is 12.0 Å². The lowest BCUT2D eigenvalue weighted by Gasteiger charge is -2.01. The second-order valence-electron chi connectivity index (χ2n) is 2.39. The van der Waals surface area contributed by atoms with Gasteiger partial charge in [-0.2, -0.15) is 13.2 Å². The van der Waals surface area contributed by atoms with E-state index in [1.54, 1.807) is 7.05 Å². The minimum absolute atomic E-state index is 0.329. The first-order valence-electron chi connectivity index (χ1n) is 3.15. The van der Waals surface area contributed by atoms with E-state index in [-0.39, 0.29) is 5.56 Å². The van der Waals surface area contributed by atoms with E-state index in [0.29, 0.717) is 0 Å². The third kappa shape index (κ3) is 1.66. The van der Waals surface area contributed by atoms with Crippen LogP contribution >= 0.6 is 0 Å². The van der Waals surface area contributed by atoms with Gasteiger partial charge in [0.25, 0.3) is 5.78 Å². The Balaban J connectivity index is 2.93. The standard InChI is InChI=1S/C7H6F3NO/c1-11-3-2-5(4-11)6(12)7(8,9)10/h2-4H,1H3. The molecule has 0 saturated carbocycles. The van der Waals surface area contributed by atoms with Crippen LogP contribution in [-0.4, -0.2) is 16.5 Å². The molecular formula is C7H6F3NO. The molecule has 0 aliphatic carbocycles. The van der Waals surface area contributed by atoms with Gasteiger partial charge in [0, 0.05) is 25.0 Å². The van der Waals surface area contributed by atoms with Gasteiger partial charge < -0.3 is 4.57 Å². The Morgan fingerprint density at radius 2 is 2.08 bits per heavy atom. The van der Waals surface area contributed by atoms with E-state index in [1.807, 2.05) is 0 Å². The number of carbonyl (C=O) groups is 1. The minimum Gasteiger partial charge on any atom is -0.357 e. The Bertz CT molecular complexity index is 300. The maximum absolute atomic E-state index is 11.8. The molecule has 66 valence electrons. The van der Waals surface area contributed by atoms with Gasteiger partial charge in [0.2, 0.25) is 0 Å². The monoisotopic (exact) mass is 177 g/mol. The van der Waals surface area contributed by atoms with Crippen molar-refractivity contribution in [1.82, 2.24) is 4.57 Å². The maximum atomic E-state index is 11.8. The van der Waals surface area contributed by atoms with Crippen LogP contribution in [0.3, 0.4) is 0 Å². The average molecular weight is 177 g/mol. The van der Waals surface area contributed by atoms with E-state index in [9.17, 15) is 18.0 Å². The highest BCUT2D eigenvalue weighted by molar-refractivity contribution is 6.00. The molecule has 0 fully saturated rings. The number of hydrogen-bond donors (Lipinski definition) is 0. The zero-order chi connectivity index (χ0) is 9.35. The Morgan fingerprint density at radius 1 is 1.50 bits per heavy atom. The van der Waals surface area contributed by atoms with E-state index in [0.717, 1.165) is 12.3 Å². The summed E-state index contributed by atoms with van der Waals surface area (Å²) in [6.07, 6.45) is -2.25. The normalized spacial score (nSPS) is 11.7. The van der Waals surface area contributed by atoms with Crippen molar-refractivity contribution in [2.24, 2.45) is 7.05 Å². The second kappa shape index (κ2) is 2.66. The summed E-state index contributed by atoms with van der Waals surface area (Å²) in [6.45, 7) is 0. The minimum atomic E-state index is -4.78. The number of hydrogen-bond acceptors (Lipinski definition) is 1. The zero-order valence-corrected chi connectivity index (χ0v) is 6.22. The van der Waals surface area contributed by atoms with Crippen molar-refractivity contribution in [2.75, 3.05) is 0 Å². The SMILES string of the molecule is Cn1ccc(C(=O)C(F)(F)F)c1. The largest absolute Gasteiger partial charge is 0.454 e. The third-order valence-electron chi connectivity index (χ3n) is 1.35. The van der Waals surface area contributed by atoms with Crippen LogP contribution in [0.25, 0.3) is 0 Å². The number of alkyl halides is 3. The Hall–Kier alpha value is -1.26. The zero-order valence-electron chi connectivity index (χ0n) is 6.22. The molecule has 1 rings (SSSR count). The van der Waals surface area contributed by atoms with Gasteiger partial charge >= 0.3 is 6.18 Å². The van der Waals surface area contributed by atoms with Gasteiger partial charge in [0.1, 0.15) is 0 Å². The number of ketones is 1. The lowest BCUT2D eigenvalue weighted by Crippen LogP contribution is -2.22. The van der Waals surface area contributed by atoms with Crippen molar-refractivity contribution in [3.8, 4) is 0 Å². The molecule has 1 aromatic rings. The van der Waals surface area contributed by atoms with Crippen molar-refractivity contribution in [3.05, 3.63) is 24.0 Å². The number of carbonyl (C=O) groups excluding carboxylic acids is 1. The van der Waals surface area contributed by atoms with Gasteiger partial charge in [0.05, 0.1) is 0 Å². The molecule has 0 aliphatic heterocycles. The molecule has 0 radical (unpaired) electrons. The molecule has 12 heavy (non-hydrogen) atoms. The molecule has 0 aliphatic rings. The highest BCUT2D eigenvalue weighted by Crippen LogP contribution is 2.21. The van der Waals surface area contributed by atoms with Gasteiger partial charge in [-0.05, 0) is 6.07 Å². The number of rotatable bonds is 1. The van der Waals surface area contributed by atoms with Crippen LogP contribution in [0.15, 0.2) is 18.5 Å². The summed E-state index contributed by atoms with van der Waals surface area (Å²) < 4.78 is 36.7. The van der Waals surface area contributed by atoms with E-state index in [2.05, 4.69) is 0 Å². The Labute approximate surface area is 66.6 Å². The van der Waals surface area contributed by atoms with Gasteiger partial charge in [-0.3, -0.25) is 4.79 Å². The first kappa shape index (κ1) is 8.83. The van der Waals surface area contributed by atoms with Crippen LogP contribution in [0.5, 0.6) is 0 Å². The number of nitrogens with zero attached hydrogens (tertiary/aromatic N) is 1. The molecule has 0 atom stereocenters. The van der Waals surface area contributed by atoms with Gasteiger partial charge in [-0.1, -0.05) is 0 Å². The number of halogens is 3. The van der Waals surface area contributed by atoms with E-state index in [4.69, 9.17) is 0 Å². The van der Waals surface area contributed by atoms with Gasteiger partial charge in [-0.25, -0.2) is 0 Å². The van der Waals surface area contributed by atoms with Crippen molar-refractivity contribution < 1.29 is 18.0 Å². The topological polar surface area (TPSA) is 22.0 Å². The molecule has 0 bridgehead atoms. The van der Waals surface area contributed by atoms with Crippen LogP contribution in [-0.2, 0) is 7.05 Å². The van der Waals surface area contributed by atoms with Gasteiger partial charge in [-0.15, -0.1) is 0 Å². The predicted octanol–water partition coefficient (Wildman–Crippen LogP) is 1.77. The summed E-state index contributed by atoms with van der Waals surface area (Å²) in [4.78, 5) is 10.5. The molecule has 2 nitrogen and oxygen atoms in total. The fourth-order valence-electron chi connectivity index (χ4n) is 0.801. The molecule has 0 amide bonds. The molecule has 0 saturated heterocycles. The smallest absolute Gasteiger partial charge is 0.357 e. The van der Waals surface area contributed by atoms with E-state index >= 15 is 0 Å².